The zero-order valence-electron chi connectivity index (χ0n) is 14.4. The van der Waals surface area contributed by atoms with Gasteiger partial charge in [0.2, 0.25) is 0 Å². The fourth-order valence-electron chi connectivity index (χ4n) is 2.69. The molecule has 130 valence electrons. The van der Waals surface area contributed by atoms with Gasteiger partial charge in [0.25, 0.3) is 5.91 Å². The number of hydrogen-bond donors (Lipinski definition) is 0. The first-order chi connectivity index (χ1) is 12.3. The number of ether oxygens (including phenoxy) is 1. The first kappa shape index (κ1) is 17.5. The van der Waals surface area contributed by atoms with E-state index in [1.54, 1.807) is 23.8 Å². The Morgan fingerprint density at radius 1 is 1.16 bits per heavy atom. The van der Waals surface area contributed by atoms with E-state index in [-0.39, 0.29) is 5.91 Å². The average Bonchev–Trinajstić information content (AvgIpc) is 2.69. The summed E-state index contributed by atoms with van der Waals surface area (Å²) in [6.07, 6.45) is 1.87. The molecule has 5 heteroatoms. The molecule has 1 heterocycles. The van der Waals surface area contributed by atoms with Gasteiger partial charge in [-0.2, -0.15) is 0 Å². The van der Waals surface area contributed by atoms with Crippen LogP contribution in [0.1, 0.15) is 22.3 Å². The van der Waals surface area contributed by atoms with Gasteiger partial charge in [0.05, 0.1) is 7.11 Å². The Balaban J connectivity index is 1.68. The van der Waals surface area contributed by atoms with Crippen LogP contribution in [0.4, 0.5) is 0 Å². The van der Waals surface area contributed by atoms with E-state index >= 15 is 0 Å². The van der Waals surface area contributed by atoms with Crippen LogP contribution in [-0.2, 0) is 6.42 Å². The minimum atomic E-state index is 0.00770. The number of benzene rings is 2. The fraction of sp³-hybridized carbons (Fsp3) is 0.300. The van der Waals surface area contributed by atoms with E-state index in [0.717, 1.165) is 36.1 Å². The molecular formula is C20H22N2O2S. The molecule has 2 aromatic rings. The molecule has 1 fully saturated rings. The Morgan fingerprint density at radius 3 is 2.64 bits per heavy atom. The summed E-state index contributed by atoms with van der Waals surface area (Å²) < 4.78 is 5.16. The molecule has 0 N–H and O–H groups in total. The van der Waals surface area contributed by atoms with Gasteiger partial charge < -0.3 is 4.74 Å². The maximum Gasteiger partial charge on any atom is 0.259 e. The van der Waals surface area contributed by atoms with Crippen molar-refractivity contribution in [1.29, 1.82) is 0 Å². The van der Waals surface area contributed by atoms with E-state index < -0.39 is 0 Å². The lowest BCUT2D eigenvalue weighted by molar-refractivity contribution is 0.0849. The normalized spacial score (nSPS) is 16.0. The van der Waals surface area contributed by atoms with Crippen LogP contribution in [-0.4, -0.2) is 41.9 Å². The number of amidine groups is 1. The number of hydrogen-bond acceptors (Lipinski definition) is 4. The summed E-state index contributed by atoms with van der Waals surface area (Å²) in [5.74, 6) is 1.77. The summed E-state index contributed by atoms with van der Waals surface area (Å²) >= 11 is 1.67. The Kier molecular flexibility index (Phi) is 6.12. The monoisotopic (exact) mass is 354 g/mol. The third-order valence-corrected chi connectivity index (χ3v) is 5.16. The van der Waals surface area contributed by atoms with Crippen molar-refractivity contribution >= 4 is 22.8 Å². The lowest BCUT2D eigenvalue weighted by Gasteiger charge is -2.28. The van der Waals surface area contributed by atoms with Gasteiger partial charge in [-0.3, -0.25) is 14.7 Å². The molecule has 0 atom stereocenters. The standard InChI is InChI=1S/C20H22N2O2S/c1-24-18-10-8-17(9-11-18)19(23)22-14-5-15-25-20(22)21-13-12-16-6-3-2-4-7-16/h2-4,6-11H,5,12-15H2,1H3. The number of thioether (sulfide) groups is 1. The van der Waals surface area contributed by atoms with Crippen LogP contribution in [0.15, 0.2) is 59.6 Å². The third-order valence-electron chi connectivity index (χ3n) is 4.06. The van der Waals surface area contributed by atoms with E-state index in [9.17, 15) is 4.79 Å². The van der Waals surface area contributed by atoms with Gasteiger partial charge in [-0.1, -0.05) is 42.1 Å². The van der Waals surface area contributed by atoms with Crippen molar-refractivity contribution < 1.29 is 9.53 Å². The molecule has 0 aromatic heterocycles. The Hall–Kier alpha value is -2.27. The van der Waals surface area contributed by atoms with Crippen LogP contribution < -0.4 is 4.74 Å². The smallest absolute Gasteiger partial charge is 0.259 e. The second kappa shape index (κ2) is 8.72. The average molecular weight is 354 g/mol. The molecule has 0 bridgehead atoms. The van der Waals surface area contributed by atoms with Crippen molar-refractivity contribution in [3.8, 4) is 5.75 Å². The minimum Gasteiger partial charge on any atom is -0.497 e. The highest BCUT2D eigenvalue weighted by Gasteiger charge is 2.24. The molecule has 0 spiro atoms. The highest BCUT2D eigenvalue weighted by atomic mass is 32.2. The summed E-state index contributed by atoms with van der Waals surface area (Å²) in [6.45, 7) is 1.42. The third kappa shape index (κ3) is 4.63. The molecule has 1 saturated heterocycles. The largest absolute Gasteiger partial charge is 0.497 e. The zero-order chi connectivity index (χ0) is 17.5. The molecule has 2 aromatic carbocycles. The molecule has 3 rings (SSSR count). The Bertz CT molecular complexity index is 729. The van der Waals surface area contributed by atoms with Crippen LogP contribution in [0.25, 0.3) is 0 Å². The van der Waals surface area contributed by atoms with E-state index in [4.69, 9.17) is 9.73 Å². The predicted molar refractivity (Wildman–Crippen MR) is 104 cm³/mol. The highest BCUT2D eigenvalue weighted by Crippen LogP contribution is 2.21. The van der Waals surface area contributed by atoms with Gasteiger partial charge in [0.15, 0.2) is 5.17 Å². The van der Waals surface area contributed by atoms with Crippen molar-refractivity contribution in [2.45, 2.75) is 12.8 Å². The molecule has 0 unspecified atom stereocenters. The van der Waals surface area contributed by atoms with Crippen LogP contribution in [0.3, 0.4) is 0 Å². The van der Waals surface area contributed by atoms with E-state index in [2.05, 4.69) is 12.1 Å². The van der Waals surface area contributed by atoms with E-state index in [1.807, 2.05) is 42.5 Å². The van der Waals surface area contributed by atoms with Crippen molar-refractivity contribution in [3.63, 3.8) is 0 Å². The van der Waals surface area contributed by atoms with Crippen molar-refractivity contribution in [2.24, 2.45) is 4.99 Å². The lowest BCUT2D eigenvalue weighted by Crippen LogP contribution is -2.39. The topological polar surface area (TPSA) is 41.9 Å². The summed E-state index contributed by atoms with van der Waals surface area (Å²) in [6, 6.07) is 17.6. The number of carbonyl (C=O) groups is 1. The zero-order valence-corrected chi connectivity index (χ0v) is 15.2. The first-order valence-corrected chi connectivity index (χ1v) is 9.43. The predicted octanol–water partition coefficient (Wildman–Crippen LogP) is 3.87. The molecule has 1 amide bonds. The molecule has 1 aliphatic heterocycles. The van der Waals surface area contributed by atoms with Gasteiger partial charge in [-0.15, -0.1) is 0 Å². The molecule has 1 aliphatic rings. The molecular weight excluding hydrogens is 332 g/mol. The van der Waals surface area contributed by atoms with E-state index in [1.165, 1.54) is 5.56 Å². The van der Waals surface area contributed by atoms with Crippen molar-refractivity contribution in [1.82, 2.24) is 4.90 Å². The van der Waals surface area contributed by atoms with Gasteiger partial charge >= 0.3 is 0 Å². The maximum atomic E-state index is 12.8. The molecule has 25 heavy (non-hydrogen) atoms. The van der Waals surface area contributed by atoms with Gasteiger partial charge in [-0.05, 0) is 42.7 Å². The molecule has 4 nitrogen and oxygen atoms in total. The lowest BCUT2D eigenvalue weighted by atomic mass is 10.1. The van der Waals surface area contributed by atoms with Gasteiger partial charge in [-0.25, -0.2) is 0 Å². The second-order valence-corrected chi connectivity index (χ2v) is 6.85. The van der Waals surface area contributed by atoms with Crippen molar-refractivity contribution in [2.75, 3.05) is 26.0 Å². The van der Waals surface area contributed by atoms with Crippen LogP contribution in [0, 0.1) is 0 Å². The molecule has 0 radical (unpaired) electrons. The van der Waals surface area contributed by atoms with E-state index in [0.29, 0.717) is 12.1 Å². The molecule has 0 aliphatic carbocycles. The first-order valence-electron chi connectivity index (χ1n) is 8.45. The molecule has 0 saturated carbocycles. The highest BCUT2D eigenvalue weighted by molar-refractivity contribution is 8.13. The van der Waals surface area contributed by atoms with Crippen LogP contribution >= 0.6 is 11.8 Å². The minimum absolute atomic E-state index is 0.00770. The van der Waals surface area contributed by atoms with Crippen LogP contribution in [0.2, 0.25) is 0 Å². The van der Waals surface area contributed by atoms with Crippen LogP contribution in [0.5, 0.6) is 5.75 Å². The summed E-state index contributed by atoms with van der Waals surface area (Å²) in [7, 11) is 1.62. The van der Waals surface area contributed by atoms with Gasteiger partial charge in [0, 0.05) is 24.4 Å². The number of rotatable bonds is 5. The van der Waals surface area contributed by atoms with Crippen molar-refractivity contribution in [3.05, 3.63) is 65.7 Å². The fourth-order valence-corrected chi connectivity index (χ4v) is 3.66. The number of methoxy groups -OCH3 is 1. The number of amides is 1. The quantitative estimate of drug-likeness (QED) is 0.818. The Labute approximate surface area is 152 Å². The number of nitrogens with zero attached hydrogens (tertiary/aromatic N) is 2. The second-order valence-electron chi connectivity index (χ2n) is 5.79. The summed E-state index contributed by atoms with van der Waals surface area (Å²) in [4.78, 5) is 19.3. The number of carbonyl (C=O) groups excluding carboxylic acids is 1. The summed E-state index contributed by atoms with van der Waals surface area (Å²) in [5.41, 5.74) is 1.93. The SMILES string of the molecule is COc1ccc(C(=O)N2CCCSC2=NCCc2ccccc2)cc1. The number of aliphatic imine (C=N–C) groups is 1. The maximum absolute atomic E-state index is 12.8. The van der Waals surface area contributed by atoms with Gasteiger partial charge in [0.1, 0.15) is 5.75 Å². The Morgan fingerprint density at radius 2 is 1.92 bits per heavy atom. The summed E-state index contributed by atoms with van der Waals surface area (Å²) in [5, 5.41) is 0.836.